The maximum absolute atomic E-state index is 11.6. The molecule has 90 valence electrons. The number of hydrogen-bond donors (Lipinski definition) is 2. The van der Waals surface area contributed by atoms with E-state index in [0.717, 1.165) is 24.3 Å². The number of nitrogen functional groups attached to an aromatic ring is 1. The van der Waals surface area contributed by atoms with Crippen LogP contribution in [0.5, 0.6) is 0 Å². The maximum Gasteiger partial charge on any atom is 0.244 e. The summed E-state index contributed by atoms with van der Waals surface area (Å²) >= 11 is 0. The lowest BCUT2D eigenvalue weighted by molar-refractivity contribution is -0.117. The van der Waals surface area contributed by atoms with Gasteiger partial charge in [0.2, 0.25) is 5.91 Å². The molecule has 1 aliphatic rings. The fourth-order valence-corrected chi connectivity index (χ4v) is 1.68. The average molecular weight is 232 g/mol. The first-order chi connectivity index (χ1) is 8.24. The molecule has 1 aromatic carbocycles. The van der Waals surface area contributed by atoms with Crippen molar-refractivity contribution in [3.8, 4) is 0 Å². The molecule has 1 heterocycles. The van der Waals surface area contributed by atoms with E-state index in [2.05, 4.69) is 5.32 Å². The Hall–Kier alpha value is -1.81. The number of hydrogen-bond acceptors (Lipinski definition) is 3. The number of amides is 1. The number of nitrogens with two attached hydrogens (primary N) is 1. The third-order valence-electron chi connectivity index (χ3n) is 2.64. The van der Waals surface area contributed by atoms with E-state index in [1.54, 1.807) is 6.08 Å². The van der Waals surface area contributed by atoms with Crippen LogP contribution in [-0.4, -0.2) is 25.2 Å². The fraction of sp³-hybridized carbons (Fsp3) is 0.308. The molecule has 1 fully saturated rings. The van der Waals surface area contributed by atoms with Crippen molar-refractivity contribution in [2.45, 2.75) is 12.5 Å². The molecule has 0 radical (unpaired) electrons. The van der Waals surface area contributed by atoms with Gasteiger partial charge in [-0.05, 0) is 30.2 Å². The maximum atomic E-state index is 11.6. The molecule has 0 saturated carbocycles. The highest BCUT2D eigenvalue weighted by molar-refractivity contribution is 5.91. The van der Waals surface area contributed by atoms with Crippen LogP contribution in [0.15, 0.2) is 30.3 Å². The highest BCUT2D eigenvalue weighted by Gasteiger charge is 2.16. The lowest BCUT2D eigenvalue weighted by Gasteiger charge is -2.07. The largest absolute Gasteiger partial charge is 0.399 e. The van der Waals surface area contributed by atoms with Crippen molar-refractivity contribution < 1.29 is 9.53 Å². The van der Waals surface area contributed by atoms with Crippen LogP contribution < -0.4 is 11.1 Å². The Labute approximate surface area is 100 Å². The van der Waals surface area contributed by atoms with Crippen LogP contribution in [0.4, 0.5) is 5.69 Å². The summed E-state index contributed by atoms with van der Waals surface area (Å²) in [6.07, 6.45) is 4.19. The predicted molar refractivity (Wildman–Crippen MR) is 67.3 cm³/mol. The zero-order valence-electron chi connectivity index (χ0n) is 9.56. The Kier molecular flexibility index (Phi) is 3.77. The van der Waals surface area contributed by atoms with Gasteiger partial charge in [0.1, 0.15) is 0 Å². The zero-order chi connectivity index (χ0) is 12.1. The Morgan fingerprint density at radius 1 is 1.41 bits per heavy atom. The predicted octanol–water partition coefficient (Wildman–Crippen LogP) is 1.19. The fourth-order valence-electron chi connectivity index (χ4n) is 1.68. The van der Waals surface area contributed by atoms with Crippen LogP contribution >= 0.6 is 0 Å². The molecule has 1 saturated heterocycles. The summed E-state index contributed by atoms with van der Waals surface area (Å²) in [6.45, 7) is 1.34. The van der Waals surface area contributed by atoms with Gasteiger partial charge in [-0.2, -0.15) is 0 Å². The molecule has 1 aromatic rings. The first kappa shape index (κ1) is 11.7. The first-order valence-corrected chi connectivity index (χ1v) is 5.66. The van der Waals surface area contributed by atoms with Gasteiger partial charge in [-0.25, -0.2) is 0 Å². The molecule has 1 amide bonds. The molecule has 3 N–H and O–H groups in total. The van der Waals surface area contributed by atoms with Crippen molar-refractivity contribution in [1.82, 2.24) is 5.32 Å². The molecule has 1 aliphatic heterocycles. The minimum Gasteiger partial charge on any atom is -0.399 e. The van der Waals surface area contributed by atoms with E-state index in [1.165, 1.54) is 6.08 Å². The molecule has 0 bridgehead atoms. The van der Waals surface area contributed by atoms with Crippen LogP contribution in [0.2, 0.25) is 0 Å². The Bertz CT molecular complexity index is 406. The van der Waals surface area contributed by atoms with Crippen LogP contribution in [0.1, 0.15) is 12.0 Å². The van der Waals surface area contributed by atoms with Gasteiger partial charge in [0, 0.05) is 18.4 Å². The topological polar surface area (TPSA) is 64.4 Å². The van der Waals surface area contributed by atoms with E-state index >= 15 is 0 Å². The van der Waals surface area contributed by atoms with Crippen molar-refractivity contribution >= 4 is 17.7 Å². The van der Waals surface area contributed by atoms with Crippen molar-refractivity contribution in [1.29, 1.82) is 0 Å². The molecular formula is C13H16N2O2. The monoisotopic (exact) mass is 232 g/mol. The van der Waals surface area contributed by atoms with Gasteiger partial charge in [-0.1, -0.05) is 12.1 Å². The number of ether oxygens (including phenoxy) is 1. The molecule has 4 heteroatoms. The summed E-state index contributed by atoms with van der Waals surface area (Å²) in [5.41, 5.74) is 7.25. The van der Waals surface area contributed by atoms with Crippen LogP contribution in [0.25, 0.3) is 6.08 Å². The van der Waals surface area contributed by atoms with E-state index in [9.17, 15) is 4.79 Å². The van der Waals surface area contributed by atoms with Crippen LogP contribution in [0, 0.1) is 0 Å². The molecule has 1 atom stereocenters. The third kappa shape index (κ3) is 3.60. The number of benzene rings is 1. The highest BCUT2D eigenvalue weighted by Crippen LogP contribution is 2.07. The Morgan fingerprint density at radius 3 is 2.82 bits per heavy atom. The standard InChI is InChI=1S/C13H16N2O2/c14-11-4-1-10(2-5-11)3-6-13(16)15-12-7-8-17-9-12/h1-6,12H,7-9,14H2,(H,15,16)/b6-3+. The number of carbonyl (C=O) groups is 1. The van der Waals surface area contributed by atoms with Crippen molar-refractivity contribution in [2.75, 3.05) is 18.9 Å². The van der Waals surface area contributed by atoms with E-state index in [1.807, 2.05) is 24.3 Å². The third-order valence-corrected chi connectivity index (χ3v) is 2.64. The highest BCUT2D eigenvalue weighted by atomic mass is 16.5. The Balaban J connectivity index is 1.86. The second-order valence-corrected chi connectivity index (χ2v) is 4.07. The molecular weight excluding hydrogens is 216 g/mol. The summed E-state index contributed by atoms with van der Waals surface area (Å²) in [5.74, 6) is -0.0858. The summed E-state index contributed by atoms with van der Waals surface area (Å²) in [7, 11) is 0. The average Bonchev–Trinajstić information content (AvgIpc) is 2.81. The lowest BCUT2D eigenvalue weighted by Crippen LogP contribution is -2.33. The van der Waals surface area contributed by atoms with Crippen molar-refractivity contribution in [2.24, 2.45) is 0 Å². The summed E-state index contributed by atoms with van der Waals surface area (Å²) < 4.78 is 5.18. The van der Waals surface area contributed by atoms with E-state index < -0.39 is 0 Å². The van der Waals surface area contributed by atoms with Gasteiger partial charge >= 0.3 is 0 Å². The van der Waals surface area contributed by atoms with Crippen molar-refractivity contribution in [3.05, 3.63) is 35.9 Å². The van der Waals surface area contributed by atoms with Gasteiger partial charge in [-0.3, -0.25) is 4.79 Å². The van der Waals surface area contributed by atoms with E-state index in [-0.39, 0.29) is 11.9 Å². The van der Waals surface area contributed by atoms with Gasteiger partial charge < -0.3 is 15.8 Å². The van der Waals surface area contributed by atoms with Gasteiger partial charge in [-0.15, -0.1) is 0 Å². The normalized spacial score (nSPS) is 19.6. The van der Waals surface area contributed by atoms with E-state index in [4.69, 9.17) is 10.5 Å². The van der Waals surface area contributed by atoms with Gasteiger partial charge in [0.15, 0.2) is 0 Å². The molecule has 4 nitrogen and oxygen atoms in total. The van der Waals surface area contributed by atoms with Crippen LogP contribution in [-0.2, 0) is 9.53 Å². The number of carbonyl (C=O) groups excluding carboxylic acids is 1. The van der Waals surface area contributed by atoms with Gasteiger partial charge in [0.25, 0.3) is 0 Å². The lowest BCUT2D eigenvalue weighted by atomic mass is 10.2. The van der Waals surface area contributed by atoms with Crippen LogP contribution in [0.3, 0.4) is 0 Å². The summed E-state index contributed by atoms with van der Waals surface area (Å²) in [5, 5.41) is 2.89. The molecule has 17 heavy (non-hydrogen) atoms. The Morgan fingerprint density at radius 2 is 2.18 bits per heavy atom. The molecule has 0 spiro atoms. The number of rotatable bonds is 3. The smallest absolute Gasteiger partial charge is 0.244 e. The number of nitrogens with one attached hydrogen (secondary N) is 1. The van der Waals surface area contributed by atoms with Crippen molar-refractivity contribution in [3.63, 3.8) is 0 Å². The molecule has 0 aliphatic carbocycles. The SMILES string of the molecule is Nc1ccc(/C=C/C(=O)NC2CCOC2)cc1. The second kappa shape index (κ2) is 5.50. The minimum atomic E-state index is -0.0858. The second-order valence-electron chi connectivity index (χ2n) is 4.07. The quantitative estimate of drug-likeness (QED) is 0.607. The molecule has 0 aromatic heterocycles. The molecule has 2 rings (SSSR count). The zero-order valence-corrected chi connectivity index (χ0v) is 9.56. The first-order valence-electron chi connectivity index (χ1n) is 5.66. The minimum absolute atomic E-state index is 0.0858. The molecule has 1 unspecified atom stereocenters. The number of anilines is 1. The summed E-state index contributed by atoms with van der Waals surface area (Å²) in [4.78, 5) is 11.6. The summed E-state index contributed by atoms with van der Waals surface area (Å²) in [6, 6.07) is 7.51. The van der Waals surface area contributed by atoms with E-state index in [0.29, 0.717) is 6.61 Å². The van der Waals surface area contributed by atoms with Gasteiger partial charge in [0.05, 0.1) is 12.6 Å².